The highest BCUT2D eigenvalue weighted by Gasteiger charge is 2.38. The highest BCUT2D eigenvalue weighted by molar-refractivity contribution is 7.89. The lowest BCUT2D eigenvalue weighted by atomic mass is 10.2. The van der Waals surface area contributed by atoms with Crippen LogP contribution in [-0.4, -0.2) is 44.0 Å². The summed E-state index contributed by atoms with van der Waals surface area (Å²) >= 11 is 0. The average Bonchev–Trinajstić information content (AvgIpc) is 2.50. The van der Waals surface area contributed by atoms with E-state index in [9.17, 15) is 8.42 Å². The lowest BCUT2D eigenvalue weighted by molar-refractivity contribution is 0.0719. The molecule has 3 rings (SSSR count). The van der Waals surface area contributed by atoms with Crippen LogP contribution < -0.4 is 9.47 Å². The van der Waals surface area contributed by atoms with Gasteiger partial charge in [-0.2, -0.15) is 4.31 Å². The van der Waals surface area contributed by atoms with Crippen LogP contribution in [0, 0.1) is 13.8 Å². The van der Waals surface area contributed by atoms with Crippen LogP contribution in [0.25, 0.3) is 0 Å². The number of benzene rings is 1. The van der Waals surface area contributed by atoms with E-state index in [0.29, 0.717) is 24.7 Å². The molecule has 0 amide bonds. The predicted octanol–water partition coefficient (Wildman–Crippen LogP) is 2.16. The Morgan fingerprint density at radius 3 is 2.54 bits per heavy atom. The second kappa shape index (κ2) is 6.41. The van der Waals surface area contributed by atoms with E-state index >= 15 is 0 Å². The number of aryl methyl sites for hydroxylation is 2. The van der Waals surface area contributed by atoms with Crippen molar-refractivity contribution in [2.75, 3.05) is 20.2 Å². The van der Waals surface area contributed by atoms with Gasteiger partial charge in [-0.15, -0.1) is 0 Å². The van der Waals surface area contributed by atoms with Crippen molar-refractivity contribution >= 4 is 10.0 Å². The Kier molecular flexibility index (Phi) is 4.47. The molecule has 6 nitrogen and oxygen atoms in total. The van der Waals surface area contributed by atoms with E-state index in [4.69, 9.17) is 9.47 Å². The maximum absolute atomic E-state index is 12.6. The van der Waals surface area contributed by atoms with Crippen LogP contribution >= 0.6 is 0 Å². The first-order valence-electron chi connectivity index (χ1n) is 7.65. The standard InChI is InChI=1S/C17H20N2O4S/c1-12-9-15(7-8-16(12)22-3)24(20,21)19-10-14(11-19)23-17-6-4-5-13(2)18-17/h4-9,14H,10-11H2,1-3H3. The molecule has 0 spiro atoms. The summed E-state index contributed by atoms with van der Waals surface area (Å²) < 4.78 is 37.6. The number of aromatic nitrogens is 1. The van der Waals surface area contributed by atoms with Crippen molar-refractivity contribution < 1.29 is 17.9 Å². The average molecular weight is 348 g/mol. The maximum atomic E-state index is 12.6. The van der Waals surface area contributed by atoms with Gasteiger partial charge in [0.15, 0.2) is 0 Å². The summed E-state index contributed by atoms with van der Waals surface area (Å²) in [5, 5.41) is 0. The smallest absolute Gasteiger partial charge is 0.243 e. The third-order valence-electron chi connectivity index (χ3n) is 3.97. The van der Waals surface area contributed by atoms with Crippen LogP contribution in [0.1, 0.15) is 11.3 Å². The number of methoxy groups -OCH3 is 1. The summed E-state index contributed by atoms with van der Waals surface area (Å²) in [6.45, 7) is 4.35. The second-order valence-electron chi connectivity index (χ2n) is 5.81. The molecule has 1 aliphatic heterocycles. The SMILES string of the molecule is COc1ccc(S(=O)(=O)N2CC(Oc3cccc(C)n3)C2)cc1C. The van der Waals surface area contributed by atoms with Gasteiger partial charge in [0, 0.05) is 11.8 Å². The highest BCUT2D eigenvalue weighted by atomic mass is 32.2. The van der Waals surface area contributed by atoms with Crippen LogP contribution in [0.4, 0.5) is 0 Å². The molecule has 1 fully saturated rings. The normalized spacial score (nSPS) is 15.8. The molecular weight excluding hydrogens is 328 g/mol. The molecule has 0 unspecified atom stereocenters. The van der Waals surface area contributed by atoms with Gasteiger partial charge in [0.2, 0.25) is 15.9 Å². The van der Waals surface area contributed by atoms with Gasteiger partial charge >= 0.3 is 0 Å². The number of ether oxygens (including phenoxy) is 2. The molecule has 0 aliphatic carbocycles. The van der Waals surface area contributed by atoms with Crippen molar-refractivity contribution in [3.63, 3.8) is 0 Å². The van der Waals surface area contributed by atoms with E-state index in [-0.39, 0.29) is 11.0 Å². The molecule has 24 heavy (non-hydrogen) atoms. The molecular formula is C17H20N2O4S. The fourth-order valence-corrected chi connectivity index (χ4v) is 4.18. The third kappa shape index (κ3) is 3.22. The van der Waals surface area contributed by atoms with Gasteiger partial charge in [-0.3, -0.25) is 0 Å². The number of pyridine rings is 1. The minimum Gasteiger partial charge on any atom is -0.496 e. The molecule has 0 radical (unpaired) electrons. The van der Waals surface area contributed by atoms with Gasteiger partial charge < -0.3 is 9.47 Å². The molecule has 2 aromatic rings. The summed E-state index contributed by atoms with van der Waals surface area (Å²) in [6, 6.07) is 10.4. The van der Waals surface area contributed by atoms with Crippen LogP contribution in [0.2, 0.25) is 0 Å². The van der Waals surface area contributed by atoms with Gasteiger partial charge in [-0.25, -0.2) is 13.4 Å². The van der Waals surface area contributed by atoms with E-state index in [1.54, 1.807) is 31.4 Å². The number of nitrogens with zero attached hydrogens (tertiary/aromatic N) is 2. The molecule has 128 valence electrons. The summed E-state index contributed by atoms with van der Waals surface area (Å²) in [6.07, 6.45) is -0.173. The first-order valence-corrected chi connectivity index (χ1v) is 9.09. The lowest BCUT2D eigenvalue weighted by Crippen LogP contribution is -2.56. The Labute approximate surface area is 142 Å². The molecule has 7 heteroatoms. The zero-order chi connectivity index (χ0) is 17.3. The van der Waals surface area contributed by atoms with E-state index in [1.165, 1.54) is 4.31 Å². The fourth-order valence-electron chi connectivity index (χ4n) is 2.59. The topological polar surface area (TPSA) is 68.7 Å². The Balaban J connectivity index is 1.67. The van der Waals surface area contributed by atoms with Gasteiger partial charge in [-0.05, 0) is 43.7 Å². The van der Waals surface area contributed by atoms with Crippen LogP contribution in [0.5, 0.6) is 11.6 Å². The summed E-state index contributed by atoms with van der Waals surface area (Å²) in [4.78, 5) is 4.54. The largest absolute Gasteiger partial charge is 0.496 e. The molecule has 0 N–H and O–H groups in total. The zero-order valence-corrected chi connectivity index (χ0v) is 14.7. The molecule has 1 aromatic heterocycles. The zero-order valence-electron chi connectivity index (χ0n) is 13.9. The molecule has 0 saturated carbocycles. The minimum atomic E-state index is -3.51. The van der Waals surface area contributed by atoms with Gasteiger partial charge in [0.05, 0.1) is 25.1 Å². The highest BCUT2D eigenvalue weighted by Crippen LogP contribution is 2.27. The minimum absolute atomic E-state index is 0.173. The van der Waals surface area contributed by atoms with E-state index < -0.39 is 10.0 Å². The van der Waals surface area contributed by atoms with Crippen LogP contribution in [0.15, 0.2) is 41.3 Å². The molecule has 2 heterocycles. The van der Waals surface area contributed by atoms with Crippen molar-refractivity contribution in [3.8, 4) is 11.6 Å². The number of sulfonamides is 1. The Hall–Kier alpha value is -2.12. The third-order valence-corrected chi connectivity index (χ3v) is 5.80. The molecule has 0 atom stereocenters. The van der Waals surface area contributed by atoms with Gasteiger partial charge in [0.25, 0.3) is 0 Å². The van der Waals surface area contributed by atoms with Crippen molar-refractivity contribution in [2.24, 2.45) is 0 Å². The predicted molar refractivity (Wildman–Crippen MR) is 89.9 cm³/mol. The Morgan fingerprint density at radius 1 is 1.17 bits per heavy atom. The van der Waals surface area contributed by atoms with Crippen LogP contribution in [0.3, 0.4) is 0 Å². The second-order valence-corrected chi connectivity index (χ2v) is 7.75. The van der Waals surface area contributed by atoms with Crippen molar-refractivity contribution in [2.45, 2.75) is 24.8 Å². The van der Waals surface area contributed by atoms with E-state index in [1.807, 2.05) is 26.0 Å². The van der Waals surface area contributed by atoms with E-state index in [2.05, 4.69) is 4.98 Å². The van der Waals surface area contributed by atoms with Crippen molar-refractivity contribution in [3.05, 3.63) is 47.7 Å². The summed E-state index contributed by atoms with van der Waals surface area (Å²) in [7, 11) is -1.94. The quantitative estimate of drug-likeness (QED) is 0.828. The Bertz CT molecular complexity index is 845. The monoisotopic (exact) mass is 348 g/mol. The van der Waals surface area contributed by atoms with E-state index in [0.717, 1.165) is 11.3 Å². The number of rotatable bonds is 5. The first kappa shape index (κ1) is 16.7. The van der Waals surface area contributed by atoms with Crippen LogP contribution in [-0.2, 0) is 10.0 Å². The molecule has 1 aromatic carbocycles. The lowest BCUT2D eigenvalue weighted by Gasteiger charge is -2.37. The molecule has 1 aliphatic rings. The summed E-state index contributed by atoms with van der Waals surface area (Å²) in [5.74, 6) is 1.20. The fraction of sp³-hybridized carbons (Fsp3) is 0.353. The van der Waals surface area contributed by atoms with Crippen molar-refractivity contribution in [1.29, 1.82) is 0 Å². The van der Waals surface area contributed by atoms with Gasteiger partial charge in [-0.1, -0.05) is 6.07 Å². The molecule has 1 saturated heterocycles. The Morgan fingerprint density at radius 2 is 1.92 bits per heavy atom. The van der Waals surface area contributed by atoms with Gasteiger partial charge in [0.1, 0.15) is 11.9 Å². The number of hydrogen-bond acceptors (Lipinski definition) is 5. The summed E-state index contributed by atoms with van der Waals surface area (Å²) in [5.41, 5.74) is 1.65. The number of hydrogen-bond donors (Lipinski definition) is 0. The molecule has 0 bridgehead atoms. The first-order chi connectivity index (χ1) is 11.4. The maximum Gasteiger partial charge on any atom is 0.243 e. The van der Waals surface area contributed by atoms with Crippen molar-refractivity contribution in [1.82, 2.24) is 9.29 Å².